The molecular formula is C20H25FN4O. The Balaban J connectivity index is 1.48. The van der Waals surface area contributed by atoms with E-state index in [2.05, 4.69) is 27.0 Å². The van der Waals surface area contributed by atoms with Gasteiger partial charge in [-0.2, -0.15) is 0 Å². The van der Waals surface area contributed by atoms with E-state index in [4.69, 9.17) is 4.74 Å². The van der Waals surface area contributed by atoms with Gasteiger partial charge >= 0.3 is 0 Å². The van der Waals surface area contributed by atoms with E-state index in [0.717, 1.165) is 50.4 Å². The third-order valence-electron chi connectivity index (χ3n) is 5.24. The molecule has 2 aromatic rings. The molecule has 1 atom stereocenters. The fraction of sp³-hybridized carbons (Fsp3) is 0.500. The summed E-state index contributed by atoms with van der Waals surface area (Å²) in [6, 6.07) is 9.25. The summed E-state index contributed by atoms with van der Waals surface area (Å²) in [5.41, 5.74) is 1.87. The first-order chi connectivity index (χ1) is 12.6. The van der Waals surface area contributed by atoms with Crippen molar-refractivity contribution in [2.24, 2.45) is 0 Å². The average molecular weight is 356 g/mol. The Morgan fingerprint density at radius 2 is 2.12 bits per heavy atom. The van der Waals surface area contributed by atoms with Crippen molar-refractivity contribution in [1.29, 1.82) is 0 Å². The van der Waals surface area contributed by atoms with Crippen molar-refractivity contribution in [1.82, 2.24) is 14.9 Å². The van der Waals surface area contributed by atoms with Crippen molar-refractivity contribution in [2.45, 2.75) is 31.9 Å². The quantitative estimate of drug-likeness (QED) is 0.846. The molecule has 2 aromatic heterocycles. The maximum atomic E-state index is 14.2. The molecule has 5 nitrogen and oxygen atoms in total. The maximum Gasteiger partial charge on any atom is 0.165 e. The molecule has 0 bridgehead atoms. The first-order valence-electron chi connectivity index (χ1n) is 9.28. The van der Waals surface area contributed by atoms with Gasteiger partial charge < -0.3 is 9.64 Å². The van der Waals surface area contributed by atoms with Gasteiger partial charge in [-0.1, -0.05) is 6.07 Å². The summed E-state index contributed by atoms with van der Waals surface area (Å²) in [5.74, 6) is 0.175. The Kier molecular flexibility index (Phi) is 4.87. The molecule has 4 heterocycles. The van der Waals surface area contributed by atoms with Crippen LogP contribution < -0.4 is 4.90 Å². The zero-order chi connectivity index (χ0) is 18.0. The normalized spacial score (nSPS) is 24.2. The highest BCUT2D eigenvalue weighted by Crippen LogP contribution is 2.32. The van der Waals surface area contributed by atoms with Gasteiger partial charge in [0.05, 0.1) is 17.9 Å². The van der Waals surface area contributed by atoms with E-state index in [9.17, 15) is 4.39 Å². The Bertz CT molecular complexity index is 767. The lowest BCUT2D eigenvalue weighted by Gasteiger charge is -2.48. The molecule has 0 N–H and O–H groups in total. The van der Waals surface area contributed by atoms with E-state index in [0.29, 0.717) is 19.0 Å². The third-order valence-corrected chi connectivity index (χ3v) is 5.24. The van der Waals surface area contributed by atoms with Crippen LogP contribution in [0.4, 0.5) is 10.2 Å². The second-order valence-electron chi connectivity index (χ2n) is 7.35. The van der Waals surface area contributed by atoms with Crippen molar-refractivity contribution >= 4 is 5.82 Å². The predicted octanol–water partition coefficient (Wildman–Crippen LogP) is 2.80. The van der Waals surface area contributed by atoms with Crippen molar-refractivity contribution in [3.05, 3.63) is 53.7 Å². The molecule has 0 aliphatic carbocycles. The molecule has 0 radical (unpaired) electrons. The molecule has 4 rings (SSSR count). The van der Waals surface area contributed by atoms with Gasteiger partial charge in [-0.05, 0) is 44.0 Å². The molecule has 0 saturated carbocycles. The van der Waals surface area contributed by atoms with Crippen LogP contribution in [-0.4, -0.2) is 53.3 Å². The van der Waals surface area contributed by atoms with E-state index in [1.54, 1.807) is 12.3 Å². The molecule has 2 aliphatic rings. The standard InChI is InChI=1S/C20H25FN4O/c1-16-5-2-6-17(23-16)13-24-11-12-26-20(14-24)8-4-10-25(15-20)19-18(21)7-3-9-22-19/h2-3,5-7,9H,4,8,10-15H2,1H3. The summed E-state index contributed by atoms with van der Waals surface area (Å²) in [6.07, 6.45) is 3.62. The van der Waals surface area contributed by atoms with Crippen LogP contribution in [0.1, 0.15) is 24.2 Å². The molecule has 0 amide bonds. The van der Waals surface area contributed by atoms with E-state index in [1.165, 1.54) is 6.07 Å². The lowest BCUT2D eigenvalue weighted by molar-refractivity contribution is -0.116. The van der Waals surface area contributed by atoms with Crippen molar-refractivity contribution in [3.63, 3.8) is 0 Å². The number of hydrogen-bond acceptors (Lipinski definition) is 5. The van der Waals surface area contributed by atoms with Crippen LogP contribution in [0.3, 0.4) is 0 Å². The molecule has 138 valence electrons. The third kappa shape index (κ3) is 3.71. The zero-order valence-corrected chi connectivity index (χ0v) is 15.2. The fourth-order valence-corrected chi connectivity index (χ4v) is 4.11. The first kappa shape index (κ1) is 17.4. The summed E-state index contributed by atoms with van der Waals surface area (Å²) in [6.45, 7) is 6.78. The molecule has 2 fully saturated rings. The minimum atomic E-state index is -0.263. The molecule has 1 spiro atoms. The van der Waals surface area contributed by atoms with Gasteiger partial charge in [0.25, 0.3) is 0 Å². The summed E-state index contributed by atoms with van der Waals surface area (Å²) >= 11 is 0. The first-order valence-corrected chi connectivity index (χ1v) is 9.28. The number of rotatable bonds is 3. The van der Waals surface area contributed by atoms with Gasteiger partial charge in [0, 0.05) is 44.6 Å². The number of ether oxygens (including phenoxy) is 1. The monoisotopic (exact) mass is 356 g/mol. The van der Waals surface area contributed by atoms with Crippen molar-refractivity contribution < 1.29 is 9.13 Å². The summed E-state index contributed by atoms with van der Waals surface area (Å²) in [5, 5.41) is 0. The van der Waals surface area contributed by atoms with E-state index < -0.39 is 0 Å². The topological polar surface area (TPSA) is 41.5 Å². The highest BCUT2D eigenvalue weighted by molar-refractivity contribution is 5.41. The number of morpholine rings is 1. The molecule has 1 unspecified atom stereocenters. The average Bonchev–Trinajstić information content (AvgIpc) is 2.62. The van der Waals surface area contributed by atoms with Crippen LogP contribution in [0.25, 0.3) is 0 Å². The van der Waals surface area contributed by atoms with Crippen LogP contribution in [0.5, 0.6) is 0 Å². The molecule has 2 saturated heterocycles. The number of pyridine rings is 2. The Labute approximate surface area is 153 Å². The minimum Gasteiger partial charge on any atom is -0.370 e. The number of aromatic nitrogens is 2. The number of anilines is 1. The predicted molar refractivity (Wildman–Crippen MR) is 98.6 cm³/mol. The number of halogens is 1. The molecule has 2 aliphatic heterocycles. The lowest BCUT2D eigenvalue weighted by atomic mass is 9.90. The molecule has 0 aromatic carbocycles. The van der Waals surface area contributed by atoms with Crippen LogP contribution in [0.15, 0.2) is 36.5 Å². The molecule has 6 heteroatoms. The SMILES string of the molecule is Cc1cccc(CN2CCOC3(CCCN(c4ncccc4F)C3)C2)n1. The zero-order valence-electron chi connectivity index (χ0n) is 15.2. The van der Waals surface area contributed by atoms with Crippen molar-refractivity contribution in [3.8, 4) is 0 Å². The smallest absolute Gasteiger partial charge is 0.165 e. The van der Waals surface area contributed by atoms with Gasteiger partial charge in [0.15, 0.2) is 11.6 Å². The number of aryl methyl sites for hydroxylation is 1. The summed E-state index contributed by atoms with van der Waals surface area (Å²) < 4.78 is 20.4. The van der Waals surface area contributed by atoms with Gasteiger partial charge in [0.1, 0.15) is 0 Å². The second kappa shape index (κ2) is 7.29. The molecule has 26 heavy (non-hydrogen) atoms. The number of nitrogens with zero attached hydrogens (tertiary/aromatic N) is 4. The van der Waals surface area contributed by atoms with E-state index in [1.807, 2.05) is 17.9 Å². The Morgan fingerprint density at radius 3 is 2.96 bits per heavy atom. The lowest BCUT2D eigenvalue weighted by Crippen LogP contribution is -2.59. The highest BCUT2D eigenvalue weighted by Gasteiger charge is 2.41. The Morgan fingerprint density at radius 1 is 1.19 bits per heavy atom. The van der Waals surface area contributed by atoms with Gasteiger partial charge in [0.2, 0.25) is 0 Å². The largest absolute Gasteiger partial charge is 0.370 e. The van der Waals surface area contributed by atoms with E-state index >= 15 is 0 Å². The van der Waals surface area contributed by atoms with Crippen LogP contribution >= 0.6 is 0 Å². The summed E-state index contributed by atoms with van der Waals surface area (Å²) in [7, 11) is 0. The Hall–Kier alpha value is -2.05. The number of hydrogen-bond donors (Lipinski definition) is 0. The van der Waals surface area contributed by atoms with Gasteiger partial charge in [-0.3, -0.25) is 9.88 Å². The van der Waals surface area contributed by atoms with E-state index in [-0.39, 0.29) is 11.4 Å². The van der Waals surface area contributed by atoms with Gasteiger partial charge in [-0.15, -0.1) is 0 Å². The van der Waals surface area contributed by atoms with Crippen LogP contribution in [0, 0.1) is 12.7 Å². The highest BCUT2D eigenvalue weighted by atomic mass is 19.1. The molecular weight excluding hydrogens is 331 g/mol. The minimum absolute atomic E-state index is 0.260. The van der Waals surface area contributed by atoms with Crippen LogP contribution in [0.2, 0.25) is 0 Å². The summed E-state index contributed by atoms with van der Waals surface area (Å²) in [4.78, 5) is 13.3. The van der Waals surface area contributed by atoms with Crippen molar-refractivity contribution in [2.75, 3.05) is 37.7 Å². The van der Waals surface area contributed by atoms with Gasteiger partial charge in [-0.25, -0.2) is 9.37 Å². The van der Waals surface area contributed by atoms with Crippen LogP contribution in [-0.2, 0) is 11.3 Å². The maximum absolute atomic E-state index is 14.2. The number of piperidine rings is 1. The second-order valence-corrected chi connectivity index (χ2v) is 7.35. The fourth-order valence-electron chi connectivity index (χ4n) is 4.11.